The molecule has 0 unspecified atom stereocenters. The van der Waals surface area contributed by atoms with Crippen LogP contribution in [-0.4, -0.2) is 19.5 Å². The molecular weight excluding hydrogens is 665 g/mol. The normalized spacial score (nSPS) is 13.2. The van der Waals surface area contributed by atoms with Gasteiger partial charge in [0.05, 0.1) is 16.7 Å². The Morgan fingerprint density at radius 1 is 0.491 bits per heavy atom. The smallest absolute Gasteiger partial charge is 0.165 e. The molecule has 0 radical (unpaired) electrons. The molecule has 0 atom stereocenters. The first-order valence-electron chi connectivity index (χ1n) is 18.0. The lowest BCUT2D eigenvalue weighted by Gasteiger charge is -2.24. The molecule has 0 fully saturated rings. The molecule has 1 aliphatic carbocycles. The number of rotatable bonds is 4. The van der Waals surface area contributed by atoms with E-state index in [1.807, 2.05) is 47.7 Å². The van der Waals surface area contributed by atoms with Crippen LogP contribution in [0.5, 0.6) is 0 Å². The van der Waals surface area contributed by atoms with E-state index in [0.717, 1.165) is 27.1 Å². The van der Waals surface area contributed by atoms with Crippen molar-refractivity contribution in [2.45, 2.75) is 19.3 Å². The van der Waals surface area contributed by atoms with Gasteiger partial charge in [0, 0.05) is 53.1 Å². The van der Waals surface area contributed by atoms with Crippen LogP contribution < -0.4 is 0 Å². The Morgan fingerprint density at radius 2 is 1.09 bits per heavy atom. The maximum absolute atomic E-state index is 5.18. The lowest BCUT2D eigenvalue weighted by molar-refractivity contribution is 0.664. The van der Waals surface area contributed by atoms with Gasteiger partial charge in [-0.15, -0.1) is 11.3 Å². The molecule has 3 aromatic heterocycles. The lowest BCUT2D eigenvalue weighted by atomic mass is 9.81. The van der Waals surface area contributed by atoms with Crippen molar-refractivity contribution >= 4 is 53.3 Å². The summed E-state index contributed by atoms with van der Waals surface area (Å²) < 4.78 is 4.94. The van der Waals surface area contributed by atoms with Crippen molar-refractivity contribution in [1.82, 2.24) is 19.5 Å². The van der Waals surface area contributed by atoms with Crippen molar-refractivity contribution in [3.05, 3.63) is 169 Å². The van der Waals surface area contributed by atoms with Crippen LogP contribution in [0.25, 0.3) is 93.0 Å². The molecule has 10 aromatic rings. The second-order valence-electron chi connectivity index (χ2n) is 14.4. The van der Waals surface area contributed by atoms with Gasteiger partial charge in [0.1, 0.15) is 0 Å². The van der Waals surface area contributed by atoms with E-state index in [1.165, 1.54) is 59.5 Å². The van der Waals surface area contributed by atoms with E-state index in [4.69, 9.17) is 15.0 Å². The average Bonchev–Trinajstić information content (AvgIpc) is 3.84. The van der Waals surface area contributed by atoms with Crippen LogP contribution in [0.15, 0.2) is 158 Å². The van der Waals surface area contributed by atoms with Crippen molar-refractivity contribution in [3.8, 4) is 51.0 Å². The molecule has 0 N–H and O–H groups in total. The predicted octanol–water partition coefficient (Wildman–Crippen LogP) is 12.6. The van der Waals surface area contributed by atoms with E-state index in [2.05, 4.69) is 140 Å². The van der Waals surface area contributed by atoms with Gasteiger partial charge in [0.25, 0.3) is 0 Å². The highest BCUT2D eigenvalue weighted by atomic mass is 32.1. The minimum Gasteiger partial charge on any atom is -0.308 e. The molecule has 7 aromatic carbocycles. The van der Waals surface area contributed by atoms with Gasteiger partial charge in [0.15, 0.2) is 17.5 Å². The van der Waals surface area contributed by atoms with E-state index >= 15 is 0 Å². The summed E-state index contributed by atoms with van der Waals surface area (Å²) >= 11 is 1.81. The molecule has 11 rings (SSSR count). The molecule has 250 valence electrons. The Balaban J connectivity index is 1.25. The summed E-state index contributed by atoms with van der Waals surface area (Å²) in [6.45, 7) is 4.76. The number of hydrogen-bond acceptors (Lipinski definition) is 4. The highest BCUT2D eigenvalue weighted by Gasteiger charge is 2.38. The summed E-state index contributed by atoms with van der Waals surface area (Å²) in [5.41, 5.74) is 11.8. The number of aromatic nitrogens is 4. The van der Waals surface area contributed by atoms with Gasteiger partial charge in [0.2, 0.25) is 0 Å². The predicted molar refractivity (Wildman–Crippen MR) is 221 cm³/mol. The summed E-state index contributed by atoms with van der Waals surface area (Å²) in [5.74, 6) is 1.99. The number of hydrogen-bond donors (Lipinski definition) is 0. The zero-order valence-corrected chi connectivity index (χ0v) is 30.0. The highest BCUT2D eigenvalue weighted by molar-refractivity contribution is 7.26. The molecule has 0 amide bonds. The molecule has 0 saturated carbocycles. The summed E-state index contributed by atoms with van der Waals surface area (Å²) in [6, 6.07) is 56.2. The van der Waals surface area contributed by atoms with Gasteiger partial charge >= 0.3 is 0 Å². The van der Waals surface area contributed by atoms with E-state index in [0.29, 0.717) is 17.5 Å². The van der Waals surface area contributed by atoms with Gasteiger partial charge in [-0.1, -0.05) is 147 Å². The van der Waals surface area contributed by atoms with Crippen molar-refractivity contribution in [1.29, 1.82) is 0 Å². The number of fused-ring (bicyclic) bond motifs is 10. The molecule has 0 spiro atoms. The molecule has 5 heteroatoms. The molecule has 1 aliphatic rings. The fraction of sp³-hybridized carbons (Fsp3) is 0.0625. The number of para-hydroxylation sites is 1. The second kappa shape index (κ2) is 11.3. The van der Waals surface area contributed by atoms with Crippen molar-refractivity contribution < 1.29 is 0 Å². The van der Waals surface area contributed by atoms with Crippen molar-refractivity contribution in [3.63, 3.8) is 0 Å². The third-order valence-electron chi connectivity index (χ3n) is 11.0. The molecule has 0 bridgehead atoms. The molecular formula is C48H32N4S. The Hall–Kier alpha value is -6.43. The third kappa shape index (κ3) is 4.38. The lowest BCUT2D eigenvalue weighted by Crippen LogP contribution is -2.16. The summed E-state index contributed by atoms with van der Waals surface area (Å²) in [5, 5.41) is 4.96. The zero-order valence-electron chi connectivity index (χ0n) is 29.2. The fourth-order valence-corrected chi connectivity index (χ4v) is 9.90. The minimum absolute atomic E-state index is 0.181. The highest BCUT2D eigenvalue weighted by Crippen LogP contribution is 2.54. The second-order valence-corrected chi connectivity index (χ2v) is 15.4. The number of nitrogens with zero attached hydrogens (tertiary/aromatic N) is 4. The Morgan fingerprint density at radius 3 is 1.85 bits per heavy atom. The topological polar surface area (TPSA) is 43.6 Å². The van der Waals surface area contributed by atoms with Crippen LogP contribution in [0.3, 0.4) is 0 Å². The minimum atomic E-state index is -0.181. The van der Waals surface area contributed by atoms with Crippen LogP contribution in [0.4, 0.5) is 0 Å². The summed E-state index contributed by atoms with van der Waals surface area (Å²) in [7, 11) is 0. The van der Waals surface area contributed by atoms with Crippen molar-refractivity contribution in [2.24, 2.45) is 0 Å². The van der Waals surface area contributed by atoms with Gasteiger partial charge in [-0.05, 0) is 46.5 Å². The van der Waals surface area contributed by atoms with Crippen LogP contribution in [-0.2, 0) is 5.41 Å². The third-order valence-corrected chi connectivity index (χ3v) is 12.2. The van der Waals surface area contributed by atoms with E-state index in [-0.39, 0.29) is 5.41 Å². The van der Waals surface area contributed by atoms with Crippen molar-refractivity contribution in [2.75, 3.05) is 0 Å². The van der Waals surface area contributed by atoms with Crippen LogP contribution in [0.2, 0.25) is 0 Å². The standard InChI is InChI=1S/C48H32N4S/c1-48(2)37-22-12-9-19-31(37)33-25-26-34-32-20-10-13-23-38(32)52(43(34)42(33)48)39-28-27-36(44-41(39)35-21-11-14-24-40(35)53-44)47-50-45(29-15-5-3-6-16-29)49-46(51-47)30-17-7-4-8-18-30/h3-28H,1-2H3. The van der Waals surface area contributed by atoms with E-state index < -0.39 is 0 Å². The van der Waals surface area contributed by atoms with Gasteiger partial charge in [-0.2, -0.15) is 0 Å². The first kappa shape index (κ1) is 30.2. The first-order chi connectivity index (χ1) is 26.1. The molecule has 3 heterocycles. The Bertz CT molecular complexity index is 3020. The van der Waals surface area contributed by atoms with Gasteiger partial charge in [-0.25, -0.2) is 15.0 Å². The fourth-order valence-electron chi connectivity index (χ4n) is 8.66. The monoisotopic (exact) mass is 696 g/mol. The quantitative estimate of drug-likeness (QED) is 0.184. The first-order valence-corrected chi connectivity index (χ1v) is 18.9. The van der Waals surface area contributed by atoms with Crippen LogP contribution >= 0.6 is 11.3 Å². The summed E-state index contributed by atoms with van der Waals surface area (Å²) in [6.07, 6.45) is 0. The number of thiophene rings is 1. The Labute approximate surface area is 310 Å². The van der Waals surface area contributed by atoms with Crippen LogP contribution in [0.1, 0.15) is 25.0 Å². The molecule has 53 heavy (non-hydrogen) atoms. The summed E-state index contributed by atoms with van der Waals surface area (Å²) in [4.78, 5) is 15.3. The van der Waals surface area contributed by atoms with Crippen LogP contribution in [0, 0.1) is 0 Å². The largest absolute Gasteiger partial charge is 0.308 e. The molecule has 0 saturated heterocycles. The molecule has 4 nitrogen and oxygen atoms in total. The maximum atomic E-state index is 5.18. The zero-order chi connectivity index (χ0) is 35.3. The van der Waals surface area contributed by atoms with E-state index in [9.17, 15) is 0 Å². The Kier molecular flexibility index (Phi) is 6.43. The van der Waals surface area contributed by atoms with Gasteiger partial charge < -0.3 is 4.57 Å². The molecule has 0 aliphatic heterocycles. The van der Waals surface area contributed by atoms with E-state index in [1.54, 1.807) is 0 Å². The average molecular weight is 697 g/mol. The van der Waals surface area contributed by atoms with Gasteiger partial charge in [-0.3, -0.25) is 0 Å². The maximum Gasteiger partial charge on any atom is 0.165 e. The SMILES string of the molecule is CC1(C)c2ccccc2-c2ccc3c4ccccc4n(-c4ccc(-c5nc(-c6ccccc6)nc(-c6ccccc6)n5)c5sc6ccccc6c45)c3c21. The number of benzene rings is 7.